The average molecular weight is 229 g/mol. The molecule has 4 nitrogen and oxygen atoms in total. The second kappa shape index (κ2) is 8.56. The second-order valence-electron chi connectivity index (χ2n) is 3.71. The van der Waals surface area contributed by atoms with Gasteiger partial charge in [-0.1, -0.05) is 0 Å². The minimum atomic E-state index is -0.144. The SMILES string of the molecule is CCOC(CNCC1CCC=CO1)OCC. The minimum absolute atomic E-state index is 0.144. The van der Waals surface area contributed by atoms with E-state index in [4.69, 9.17) is 14.2 Å². The highest BCUT2D eigenvalue weighted by molar-refractivity contribution is 4.82. The van der Waals surface area contributed by atoms with Crippen molar-refractivity contribution in [1.29, 1.82) is 0 Å². The molecule has 1 aliphatic rings. The molecule has 16 heavy (non-hydrogen) atoms. The molecule has 0 amide bonds. The summed E-state index contributed by atoms with van der Waals surface area (Å²) in [5.41, 5.74) is 0. The van der Waals surface area contributed by atoms with Gasteiger partial charge >= 0.3 is 0 Å². The number of hydrogen-bond donors (Lipinski definition) is 1. The molecule has 0 bridgehead atoms. The molecule has 1 unspecified atom stereocenters. The predicted molar refractivity (Wildman–Crippen MR) is 63.2 cm³/mol. The van der Waals surface area contributed by atoms with Gasteiger partial charge in [0.05, 0.1) is 6.26 Å². The van der Waals surface area contributed by atoms with Gasteiger partial charge in [-0.25, -0.2) is 0 Å². The molecule has 1 rings (SSSR count). The van der Waals surface area contributed by atoms with Gasteiger partial charge in [0, 0.05) is 26.3 Å². The van der Waals surface area contributed by atoms with Crippen LogP contribution in [-0.4, -0.2) is 38.7 Å². The molecular weight excluding hydrogens is 206 g/mol. The summed E-state index contributed by atoms with van der Waals surface area (Å²) < 4.78 is 16.3. The van der Waals surface area contributed by atoms with Gasteiger partial charge in [0.2, 0.25) is 0 Å². The van der Waals surface area contributed by atoms with Crippen LogP contribution in [0.15, 0.2) is 12.3 Å². The molecule has 1 atom stereocenters. The van der Waals surface area contributed by atoms with Gasteiger partial charge < -0.3 is 19.5 Å². The number of hydrogen-bond acceptors (Lipinski definition) is 4. The van der Waals surface area contributed by atoms with E-state index < -0.39 is 0 Å². The lowest BCUT2D eigenvalue weighted by Crippen LogP contribution is -2.36. The Balaban J connectivity index is 2.09. The van der Waals surface area contributed by atoms with Crippen molar-refractivity contribution in [3.63, 3.8) is 0 Å². The first-order valence-electron chi connectivity index (χ1n) is 6.11. The first kappa shape index (κ1) is 13.5. The number of allylic oxidation sites excluding steroid dienone is 1. The van der Waals surface area contributed by atoms with Crippen LogP contribution in [0.25, 0.3) is 0 Å². The van der Waals surface area contributed by atoms with E-state index in [0.717, 1.165) is 19.4 Å². The third kappa shape index (κ3) is 5.49. The van der Waals surface area contributed by atoms with E-state index in [9.17, 15) is 0 Å². The third-order valence-corrected chi connectivity index (χ3v) is 2.41. The van der Waals surface area contributed by atoms with E-state index in [1.807, 2.05) is 13.8 Å². The van der Waals surface area contributed by atoms with Crippen LogP contribution < -0.4 is 5.32 Å². The molecule has 0 saturated carbocycles. The Hall–Kier alpha value is -0.580. The lowest BCUT2D eigenvalue weighted by atomic mass is 10.1. The van der Waals surface area contributed by atoms with Crippen molar-refractivity contribution in [2.45, 2.75) is 39.1 Å². The highest BCUT2D eigenvalue weighted by Gasteiger charge is 2.12. The standard InChI is InChI=1S/C12H23NO3/c1-3-14-12(15-4-2)10-13-9-11-7-5-6-8-16-11/h6,8,11-13H,3-5,7,9-10H2,1-2H3. The van der Waals surface area contributed by atoms with E-state index in [-0.39, 0.29) is 12.4 Å². The average Bonchev–Trinajstić information content (AvgIpc) is 2.31. The first-order valence-corrected chi connectivity index (χ1v) is 6.11. The summed E-state index contributed by atoms with van der Waals surface area (Å²) in [6.45, 7) is 6.86. The van der Waals surface area contributed by atoms with Crippen LogP contribution >= 0.6 is 0 Å². The highest BCUT2D eigenvalue weighted by atomic mass is 16.7. The molecule has 0 radical (unpaired) electrons. The Bertz CT molecular complexity index is 191. The smallest absolute Gasteiger partial charge is 0.169 e. The Labute approximate surface area is 97.9 Å². The van der Waals surface area contributed by atoms with Crippen molar-refractivity contribution in [1.82, 2.24) is 5.32 Å². The van der Waals surface area contributed by atoms with Crippen molar-refractivity contribution in [3.8, 4) is 0 Å². The highest BCUT2D eigenvalue weighted by Crippen LogP contribution is 2.08. The summed E-state index contributed by atoms with van der Waals surface area (Å²) >= 11 is 0. The van der Waals surface area contributed by atoms with Crippen molar-refractivity contribution in [2.75, 3.05) is 26.3 Å². The zero-order valence-corrected chi connectivity index (χ0v) is 10.3. The zero-order chi connectivity index (χ0) is 11.6. The van der Waals surface area contributed by atoms with Crippen LogP contribution in [0.1, 0.15) is 26.7 Å². The Kier molecular flexibility index (Phi) is 7.21. The molecule has 0 saturated heterocycles. The van der Waals surface area contributed by atoms with Crippen molar-refractivity contribution < 1.29 is 14.2 Å². The lowest BCUT2D eigenvalue weighted by molar-refractivity contribution is -0.133. The van der Waals surface area contributed by atoms with Crippen molar-refractivity contribution in [2.24, 2.45) is 0 Å². The summed E-state index contributed by atoms with van der Waals surface area (Å²) in [6.07, 6.45) is 6.17. The summed E-state index contributed by atoms with van der Waals surface area (Å²) in [7, 11) is 0. The third-order valence-electron chi connectivity index (χ3n) is 2.41. The molecule has 4 heteroatoms. The molecule has 1 heterocycles. The molecule has 0 spiro atoms. The molecule has 0 aromatic carbocycles. The summed E-state index contributed by atoms with van der Waals surface area (Å²) in [4.78, 5) is 0. The quantitative estimate of drug-likeness (QED) is 0.643. The van der Waals surface area contributed by atoms with E-state index >= 15 is 0 Å². The fourth-order valence-electron chi connectivity index (χ4n) is 1.63. The van der Waals surface area contributed by atoms with Crippen molar-refractivity contribution >= 4 is 0 Å². The molecule has 0 aliphatic carbocycles. The maximum Gasteiger partial charge on any atom is 0.169 e. The van der Waals surface area contributed by atoms with Crippen LogP contribution in [0.4, 0.5) is 0 Å². The van der Waals surface area contributed by atoms with E-state index in [1.54, 1.807) is 6.26 Å². The maximum absolute atomic E-state index is 5.46. The van der Waals surface area contributed by atoms with Crippen LogP contribution in [0.3, 0.4) is 0 Å². The van der Waals surface area contributed by atoms with Gasteiger partial charge in [-0.05, 0) is 32.8 Å². The minimum Gasteiger partial charge on any atom is -0.497 e. The molecule has 0 aromatic heterocycles. The Morgan fingerprint density at radius 3 is 2.69 bits per heavy atom. The molecule has 1 N–H and O–H groups in total. The predicted octanol–water partition coefficient (Wildman–Crippen LogP) is 1.67. The van der Waals surface area contributed by atoms with Crippen LogP contribution in [0.5, 0.6) is 0 Å². The zero-order valence-electron chi connectivity index (χ0n) is 10.3. The summed E-state index contributed by atoms with van der Waals surface area (Å²) in [5.74, 6) is 0. The second-order valence-corrected chi connectivity index (χ2v) is 3.71. The summed E-state index contributed by atoms with van der Waals surface area (Å²) in [6, 6.07) is 0. The normalized spacial score (nSPS) is 20.1. The molecule has 1 aliphatic heterocycles. The van der Waals surface area contributed by atoms with Gasteiger partial charge in [-0.15, -0.1) is 0 Å². The Morgan fingerprint density at radius 1 is 1.38 bits per heavy atom. The van der Waals surface area contributed by atoms with E-state index in [2.05, 4.69) is 11.4 Å². The first-order chi connectivity index (χ1) is 7.86. The Morgan fingerprint density at radius 2 is 2.12 bits per heavy atom. The van der Waals surface area contributed by atoms with Crippen LogP contribution in [0, 0.1) is 0 Å². The monoisotopic (exact) mass is 229 g/mol. The van der Waals surface area contributed by atoms with Crippen molar-refractivity contribution in [3.05, 3.63) is 12.3 Å². The van der Waals surface area contributed by atoms with Crippen LogP contribution in [-0.2, 0) is 14.2 Å². The number of ether oxygens (including phenoxy) is 3. The van der Waals surface area contributed by atoms with Gasteiger partial charge in [-0.2, -0.15) is 0 Å². The summed E-state index contributed by atoms with van der Waals surface area (Å²) in [5, 5.41) is 3.32. The van der Waals surface area contributed by atoms with Gasteiger partial charge in [-0.3, -0.25) is 0 Å². The van der Waals surface area contributed by atoms with Gasteiger partial charge in [0.25, 0.3) is 0 Å². The number of nitrogens with one attached hydrogen (secondary N) is 1. The van der Waals surface area contributed by atoms with E-state index in [0.29, 0.717) is 19.8 Å². The molecule has 0 aromatic rings. The topological polar surface area (TPSA) is 39.7 Å². The molecular formula is C12H23NO3. The maximum atomic E-state index is 5.46. The fourth-order valence-corrected chi connectivity index (χ4v) is 1.63. The molecule has 94 valence electrons. The largest absolute Gasteiger partial charge is 0.497 e. The lowest BCUT2D eigenvalue weighted by Gasteiger charge is -2.22. The molecule has 0 fully saturated rings. The fraction of sp³-hybridized carbons (Fsp3) is 0.833. The van der Waals surface area contributed by atoms with Gasteiger partial charge in [0.1, 0.15) is 6.10 Å². The number of rotatable bonds is 8. The van der Waals surface area contributed by atoms with Crippen LogP contribution in [0.2, 0.25) is 0 Å². The van der Waals surface area contributed by atoms with E-state index in [1.165, 1.54) is 0 Å². The van der Waals surface area contributed by atoms with Gasteiger partial charge in [0.15, 0.2) is 6.29 Å².